The van der Waals surface area contributed by atoms with Crippen LogP contribution in [0.4, 0.5) is 0 Å². The van der Waals surface area contributed by atoms with Crippen LogP contribution in [-0.2, 0) is 16.4 Å². The van der Waals surface area contributed by atoms with E-state index in [9.17, 15) is 8.42 Å². The van der Waals surface area contributed by atoms with Crippen molar-refractivity contribution < 1.29 is 17.9 Å². The number of aromatic nitrogens is 1. The Labute approximate surface area is 159 Å². The van der Waals surface area contributed by atoms with Crippen molar-refractivity contribution in [1.29, 1.82) is 0 Å². The summed E-state index contributed by atoms with van der Waals surface area (Å²) in [6, 6.07) is 12.7. The molecule has 0 radical (unpaired) electrons. The first-order valence-corrected chi connectivity index (χ1v) is 10.0. The first kappa shape index (κ1) is 19.3. The van der Waals surface area contributed by atoms with E-state index in [2.05, 4.69) is 9.71 Å². The summed E-state index contributed by atoms with van der Waals surface area (Å²) in [6.07, 6.45) is 2.45. The van der Waals surface area contributed by atoms with Crippen molar-refractivity contribution in [2.24, 2.45) is 0 Å². The minimum Gasteiger partial charge on any atom is -0.497 e. The number of benzene rings is 2. The maximum atomic E-state index is 13.0. The number of H-pyrrole nitrogens is 1. The van der Waals surface area contributed by atoms with Crippen molar-refractivity contribution in [1.82, 2.24) is 9.71 Å². The fourth-order valence-corrected chi connectivity index (χ4v) is 4.80. The van der Waals surface area contributed by atoms with Gasteiger partial charge >= 0.3 is 0 Å². The van der Waals surface area contributed by atoms with Gasteiger partial charge in [0.05, 0.1) is 14.2 Å². The minimum atomic E-state index is -3.81. The molecule has 1 aromatic heterocycles. The first-order chi connectivity index (χ1) is 12.8. The van der Waals surface area contributed by atoms with Crippen molar-refractivity contribution in [3.8, 4) is 11.5 Å². The maximum Gasteiger partial charge on any atom is 0.244 e. The molecule has 0 aliphatic heterocycles. The average molecular weight is 388 g/mol. The predicted molar refractivity (Wildman–Crippen MR) is 106 cm³/mol. The molecular weight excluding hydrogens is 364 g/mol. The van der Waals surface area contributed by atoms with Crippen LogP contribution in [0.5, 0.6) is 11.5 Å². The maximum absolute atomic E-state index is 13.0. The fourth-order valence-electron chi connectivity index (χ4n) is 3.20. The zero-order valence-corrected chi connectivity index (χ0v) is 16.7. The molecule has 144 valence electrons. The van der Waals surface area contributed by atoms with E-state index in [1.807, 2.05) is 44.3 Å². The van der Waals surface area contributed by atoms with Gasteiger partial charge in [0.2, 0.25) is 10.0 Å². The Balaban J connectivity index is 1.90. The molecule has 0 atom stereocenters. The van der Waals surface area contributed by atoms with E-state index in [1.54, 1.807) is 12.1 Å². The van der Waals surface area contributed by atoms with Gasteiger partial charge in [0.25, 0.3) is 0 Å². The van der Waals surface area contributed by atoms with E-state index in [-0.39, 0.29) is 10.6 Å². The van der Waals surface area contributed by atoms with Crippen LogP contribution < -0.4 is 14.2 Å². The zero-order valence-electron chi connectivity index (χ0n) is 15.9. The van der Waals surface area contributed by atoms with E-state index < -0.39 is 15.6 Å². The summed E-state index contributed by atoms with van der Waals surface area (Å²) >= 11 is 0. The lowest BCUT2D eigenvalue weighted by Gasteiger charge is -2.26. The van der Waals surface area contributed by atoms with Gasteiger partial charge in [0, 0.05) is 28.7 Å². The Morgan fingerprint density at radius 1 is 1.07 bits per heavy atom. The van der Waals surface area contributed by atoms with Crippen molar-refractivity contribution >= 4 is 20.9 Å². The molecule has 0 saturated carbocycles. The lowest BCUT2D eigenvalue weighted by molar-refractivity contribution is 0.390. The summed E-state index contributed by atoms with van der Waals surface area (Å²) < 4.78 is 39.3. The number of hydrogen-bond acceptors (Lipinski definition) is 4. The van der Waals surface area contributed by atoms with E-state index in [0.717, 1.165) is 16.5 Å². The second kappa shape index (κ2) is 7.25. The van der Waals surface area contributed by atoms with Gasteiger partial charge in [0.1, 0.15) is 16.4 Å². The van der Waals surface area contributed by atoms with Gasteiger partial charge in [0.15, 0.2) is 0 Å². The molecule has 7 heteroatoms. The highest BCUT2D eigenvalue weighted by Gasteiger charge is 2.29. The highest BCUT2D eigenvalue weighted by molar-refractivity contribution is 7.89. The fraction of sp³-hybridized carbons (Fsp3) is 0.300. The quantitative estimate of drug-likeness (QED) is 0.649. The third kappa shape index (κ3) is 4.09. The normalized spacial score (nSPS) is 12.3. The van der Waals surface area contributed by atoms with Crippen LogP contribution in [0.2, 0.25) is 0 Å². The largest absolute Gasteiger partial charge is 0.497 e. The van der Waals surface area contributed by atoms with Crippen LogP contribution in [0.3, 0.4) is 0 Å². The number of rotatable bonds is 7. The molecule has 2 aromatic carbocycles. The standard InChI is InChI=1S/C20H24N2O4S/c1-20(2,12-14-13-21-17-8-6-5-7-16(14)17)22-27(23,24)19-11-15(25-3)9-10-18(19)26-4/h5-11,13,21-22H,12H2,1-4H3. The molecule has 0 aliphatic rings. The summed E-state index contributed by atoms with van der Waals surface area (Å²) in [6.45, 7) is 3.72. The van der Waals surface area contributed by atoms with Gasteiger partial charge < -0.3 is 14.5 Å². The molecule has 3 aromatic rings. The highest BCUT2D eigenvalue weighted by atomic mass is 32.2. The Morgan fingerprint density at radius 3 is 2.52 bits per heavy atom. The summed E-state index contributed by atoms with van der Waals surface area (Å²) in [4.78, 5) is 3.28. The zero-order chi connectivity index (χ0) is 19.7. The molecule has 2 N–H and O–H groups in total. The van der Waals surface area contributed by atoms with E-state index in [4.69, 9.17) is 9.47 Å². The molecule has 0 aliphatic carbocycles. The number of nitrogens with one attached hydrogen (secondary N) is 2. The SMILES string of the molecule is COc1ccc(OC)c(S(=O)(=O)NC(C)(C)Cc2c[nH]c3ccccc23)c1. The topological polar surface area (TPSA) is 80.4 Å². The Kier molecular flexibility index (Phi) is 5.17. The predicted octanol–water partition coefficient (Wildman–Crippen LogP) is 3.48. The van der Waals surface area contributed by atoms with Crippen molar-refractivity contribution in [2.75, 3.05) is 14.2 Å². The lowest BCUT2D eigenvalue weighted by Crippen LogP contribution is -2.45. The second-order valence-electron chi connectivity index (χ2n) is 7.04. The van der Waals surface area contributed by atoms with Crippen LogP contribution in [0.25, 0.3) is 10.9 Å². The van der Waals surface area contributed by atoms with Crippen molar-refractivity contribution in [2.45, 2.75) is 30.7 Å². The van der Waals surface area contributed by atoms with Gasteiger partial charge in [-0.2, -0.15) is 0 Å². The summed E-state index contributed by atoms with van der Waals surface area (Å²) in [7, 11) is -0.880. The smallest absolute Gasteiger partial charge is 0.244 e. The number of hydrogen-bond donors (Lipinski definition) is 2. The number of para-hydroxylation sites is 1. The summed E-state index contributed by atoms with van der Waals surface area (Å²) in [5.41, 5.74) is 1.37. The average Bonchev–Trinajstić information content (AvgIpc) is 3.02. The van der Waals surface area contributed by atoms with Gasteiger partial charge in [-0.1, -0.05) is 18.2 Å². The molecule has 1 heterocycles. The van der Waals surface area contributed by atoms with Crippen LogP contribution in [-0.4, -0.2) is 33.2 Å². The first-order valence-electron chi connectivity index (χ1n) is 8.57. The number of fused-ring (bicyclic) bond motifs is 1. The number of sulfonamides is 1. The van der Waals surface area contributed by atoms with Crippen LogP contribution in [0.1, 0.15) is 19.4 Å². The Hall–Kier alpha value is -2.51. The van der Waals surface area contributed by atoms with Crippen LogP contribution >= 0.6 is 0 Å². The van der Waals surface area contributed by atoms with Gasteiger partial charge in [-0.25, -0.2) is 13.1 Å². The number of ether oxygens (including phenoxy) is 2. The molecule has 27 heavy (non-hydrogen) atoms. The van der Waals surface area contributed by atoms with E-state index >= 15 is 0 Å². The molecule has 0 unspecified atom stereocenters. The third-order valence-electron chi connectivity index (χ3n) is 4.38. The van der Waals surface area contributed by atoms with Crippen LogP contribution in [0, 0.1) is 0 Å². The van der Waals surface area contributed by atoms with Gasteiger partial charge in [-0.15, -0.1) is 0 Å². The van der Waals surface area contributed by atoms with Crippen molar-refractivity contribution in [3.05, 3.63) is 54.2 Å². The summed E-state index contributed by atoms with van der Waals surface area (Å²) in [5, 5.41) is 1.09. The molecule has 0 fully saturated rings. The van der Waals surface area contributed by atoms with E-state index in [1.165, 1.54) is 20.3 Å². The Bertz CT molecular complexity index is 1050. The van der Waals surface area contributed by atoms with Crippen molar-refractivity contribution in [3.63, 3.8) is 0 Å². The summed E-state index contributed by atoms with van der Waals surface area (Å²) in [5.74, 6) is 0.719. The molecule has 0 saturated heterocycles. The Morgan fingerprint density at radius 2 is 1.81 bits per heavy atom. The highest BCUT2D eigenvalue weighted by Crippen LogP contribution is 2.30. The molecule has 6 nitrogen and oxygen atoms in total. The minimum absolute atomic E-state index is 0.0522. The second-order valence-corrected chi connectivity index (χ2v) is 8.69. The lowest BCUT2D eigenvalue weighted by atomic mass is 9.96. The molecule has 0 amide bonds. The number of aromatic amines is 1. The number of methoxy groups -OCH3 is 2. The van der Waals surface area contributed by atoms with Crippen LogP contribution in [0.15, 0.2) is 53.6 Å². The molecule has 0 bridgehead atoms. The molecule has 0 spiro atoms. The molecule has 3 rings (SSSR count). The monoisotopic (exact) mass is 388 g/mol. The van der Waals surface area contributed by atoms with E-state index in [0.29, 0.717) is 12.2 Å². The third-order valence-corrected chi connectivity index (χ3v) is 6.10. The molecular formula is C20H24N2O4S. The van der Waals surface area contributed by atoms with Gasteiger partial charge in [-0.3, -0.25) is 0 Å². The van der Waals surface area contributed by atoms with Gasteiger partial charge in [-0.05, 0) is 44.0 Å².